The molecule has 0 radical (unpaired) electrons. The molecular formula is C28H31F3N2O3S. The third-order valence-corrected chi connectivity index (χ3v) is 8.43. The first-order chi connectivity index (χ1) is 17.7. The van der Waals surface area contributed by atoms with Crippen LogP contribution in [0.4, 0.5) is 13.2 Å². The van der Waals surface area contributed by atoms with E-state index in [-0.39, 0.29) is 4.90 Å². The summed E-state index contributed by atoms with van der Waals surface area (Å²) in [5.74, 6) is -2.32. The first-order valence-corrected chi connectivity index (χ1v) is 13.4. The van der Waals surface area contributed by atoms with Crippen LogP contribution < -0.4 is 4.74 Å². The van der Waals surface area contributed by atoms with Gasteiger partial charge in [0, 0.05) is 36.0 Å². The van der Waals surface area contributed by atoms with E-state index in [2.05, 4.69) is 9.88 Å². The van der Waals surface area contributed by atoms with Crippen LogP contribution in [0.2, 0.25) is 0 Å². The number of piperidine rings is 1. The zero-order chi connectivity index (χ0) is 26.6. The van der Waals surface area contributed by atoms with Gasteiger partial charge in [-0.25, -0.2) is 13.2 Å². The molecule has 1 aromatic heterocycles. The molecule has 4 rings (SSSR count). The monoisotopic (exact) mass is 532 g/mol. The van der Waals surface area contributed by atoms with Crippen molar-refractivity contribution < 1.29 is 27.8 Å². The summed E-state index contributed by atoms with van der Waals surface area (Å²) in [7, 11) is 1.63. The van der Waals surface area contributed by atoms with Gasteiger partial charge in [0.2, 0.25) is 0 Å². The Bertz CT molecular complexity index is 1260. The van der Waals surface area contributed by atoms with Crippen molar-refractivity contribution >= 4 is 28.6 Å². The molecule has 1 N–H and O–H groups in total. The van der Waals surface area contributed by atoms with Crippen LogP contribution in [0.1, 0.15) is 36.8 Å². The predicted molar refractivity (Wildman–Crippen MR) is 139 cm³/mol. The van der Waals surface area contributed by atoms with Crippen molar-refractivity contribution in [2.24, 2.45) is 5.41 Å². The molecule has 0 unspecified atom stereocenters. The molecule has 0 aliphatic carbocycles. The molecule has 37 heavy (non-hydrogen) atoms. The fraction of sp³-hybridized carbons (Fsp3) is 0.429. The number of carboxylic acids is 1. The molecule has 0 spiro atoms. The van der Waals surface area contributed by atoms with Crippen LogP contribution in [0.3, 0.4) is 0 Å². The fourth-order valence-corrected chi connectivity index (χ4v) is 6.05. The van der Waals surface area contributed by atoms with E-state index in [1.807, 2.05) is 31.3 Å². The fourth-order valence-electron chi connectivity index (χ4n) is 5.11. The topological polar surface area (TPSA) is 62.7 Å². The van der Waals surface area contributed by atoms with Crippen LogP contribution in [0.15, 0.2) is 41.4 Å². The van der Waals surface area contributed by atoms with Crippen LogP contribution in [0, 0.1) is 29.8 Å². The number of thioether (sulfide) groups is 1. The number of pyridine rings is 1. The van der Waals surface area contributed by atoms with Crippen molar-refractivity contribution in [3.05, 3.63) is 65.1 Å². The molecule has 1 aliphatic rings. The van der Waals surface area contributed by atoms with Gasteiger partial charge in [0.25, 0.3) is 0 Å². The molecule has 198 valence electrons. The number of aliphatic carboxylic acids is 1. The van der Waals surface area contributed by atoms with Crippen molar-refractivity contribution in [1.82, 2.24) is 9.88 Å². The average molecular weight is 533 g/mol. The molecule has 1 fully saturated rings. The predicted octanol–water partition coefficient (Wildman–Crippen LogP) is 6.25. The Kier molecular flexibility index (Phi) is 8.64. The van der Waals surface area contributed by atoms with E-state index >= 15 is 0 Å². The number of ether oxygens (including phenoxy) is 1. The first kappa shape index (κ1) is 27.3. The molecule has 3 aromatic rings. The number of methoxy groups -OCH3 is 1. The van der Waals surface area contributed by atoms with Gasteiger partial charge in [0.1, 0.15) is 23.2 Å². The number of carboxylic acid groups (broad SMARTS) is 1. The maximum Gasteiger partial charge on any atom is 0.309 e. The second-order valence-corrected chi connectivity index (χ2v) is 10.7. The van der Waals surface area contributed by atoms with Gasteiger partial charge in [-0.1, -0.05) is 0 Å². The largest absolute Gasteiger partial charge is 0.497 e. The molecule has 0 saturated carbocycles. The minimum absolute atomic E-state index is 0.185. The number of rotatable bonds is 10. The number of aryl methyl sites for hydroxylation is 2. The van der Waals surface area contributed by atoms with E-state index in [1.54, 1.807) is 7.11 Å². The van der Waals surface area contributed by atoms with Crippen LogP contribution in [0.25, 0.3) is 10.9 Å². The summed E-state index contributed by atoms with van der Waals surface area (Å²) in [6.07, 6.45) is 4.97. The Hall–Kier alpha value is -2.78. The van der Waals surface area contributed by atoms with Gasteiger partial charge in [-0.05, 0) is 81.4 Å². The maximum absolute atomic E-state index is 13.9. The number of carbonyl (C=O) groups is 1. The van der Waals surface area contributed by atoms with Gasteiger partial charge in [0.05, 0.1) is 22.9 Å². The first-order valence-electron chi connectivity index (χ1n) is 12.4. The van der Waals surface area contributed by atoms with Crippen molar-refractivity contribution in [2.45, 2.75) is 43.9 Å². The van der Waals surface area contributed by atoms with Crippen LogP contribution in [0.5, 0.6) is 5.75 Å². The molecule has 9 heteroatoms. The van der Waals surface area contributed by atoms with Crippen molar-refractivity contribution in [2.75, 3.05) is 32.5 Å². The van der Waals surface area contributed by atoms with Gasteiger partial charge in [-0.3, -0.25) is 9.78 Å². The molecule has 1 saturated heterocycles. The maximum atomic E-state index is 13.9. The lowest BCUT2D eigenvalue weighted by Gasteiger charge is -2.39. The molecular weight excluding hydrogens is 501 g/mol. The number of likely N-dealkylation sites (tertiary alicyclic amines) is 1. The van der Waals surface area contributed by atoms with Crippen LogP contribution in [-0.2, 0) is 11.2 Å². The van der Waals surface area contributed by atoms with Crippen LogP contribution >= 0.6 is 11.8 Å². The number of nitrogens with zero attached hydrogens (tertiary/aromatic N) is 2. The quantitative estimate of drug-likeness (QED) is 0.312. The standard InChI is InChI=1S/C28H31F3N2O3S/c1-18-17-32-25-6-5-20(36-2)16-22(25)21(18)4-3-7-28(27(34)35)8-10-33(11-9-28)12-13-37-26-23(30)14-19(29)15-24(26)31/h5-6,14-17H,3-4,7-13H2,1-2H3,(H,34,35). The highest BCUT2D eigenvalue weighted by Gasteiger charge is 2.40. The highest BCUT2D eigenvalue weighted by atomic mass is 32.2. The molecule has 0 atom stereocenters. The number of benzene rings is 2. The Morgan fingerprint density at radius 3 is 2.51 bits per heavy atom. The third-order valence-electron chi connectivity index (χ3n) is 7.37. The summed E-state index contributed by atoms with van der Waals surface area (Å²) in [4.78, 5) is 18.8. The summed E-state index contributed by atoms with van der Waals surface area (Å²) in [5, 5.41) is 11.1. The van der Waals surface area contributed by atoms with E-state index in [4.69, 9.17) is 4.74 Å². The summed E-state index contributed by atoms with van der Waals surface area (Å²) in [6.45, 7) is 3.81. The second-order valence-electron chi connectivity index (χ2n) is 9.63. The smallest absolute Gasteiger partial charge is 0.309 e. The third kappa shape index (κ3) is 6.21. The van der Waals surface area contributed by atoms with Crippen LogP contribution in [-0.4, -0.2) is 53.5 Å². The lowest BCUT2D eigenvalue weighted by atomic mass is 9.74. The molecule has 0 amide bonds. The molecule has 2 aromatic carbocycles. The molecule has 1 aliphatic heterocycles. The normalized spacial score (nSPS) is 15.7. The lowest BCUT2D eigenvalue weighted by Crippen LogP contribution is -2.45. The zero-order valence-corrected chi connectivity index (χ0v) is 21.8. The Morgan fingerprint density at radius 2 is 1.86 bits per heavy atom. The average Bonchev–Trinajstić information content (AvgIpc) is 2.87. The summed E-state index contributed by atoms with van der Waals surface area (Å²) < 4.78 is 46.2. The number of aromatic nitrogens is 1. The van der Waals surface area contributed by atoms with E-state index < -0.39 is 28.8 Å². The van der Waals surface area contributed by atoms with E-state index in [0.717, 1.165) is 46.8 Å². The Labute approximate surface area is 219 Å². The molecule has 5 nitrogen and oxygen atoms in total. The molecule has 0 bridgehead atoms. The van der Waals surface area contributed by atoms with Gasteiger partial charge < -0.3 is 14.7 Å². The highest BCUT2D eigenvalue weighted by Crippen LogP contribution is 2.38. The zero-order valence-electron chi connectivity index (χ0n) is 21.0. The number of halogens is 3. The van der Waals surface area contributed by atoms with Gasteiger partial charge in [-0.2, -0.15) is 0 Å². The summed E-state index contributed by atoms with van der Waals surface area (Å²) in [6, 6.07) is 7.16. The second kappa shape index (κ2) is 11.7. The number of hydrogen-bond acceptors (Lipinski definition) is 5. The number of hydrogen-bond donors (Lipinski definition) is 1. The summed E-state index contributed by atoms with van der Waals surface area (Å²) >= 11 is 1.01. The lowest BCUT2D eigenvalue weighted by molar-refractivity contribution is -0.152. The SMILES string of the molecule is COc1ccc2ncc(C)c(CCCC3(C(=O)O)CCN(CCSc4c(F)cc(F)cc4F)CC3)c2c1. The van der Waals surface area contributed by atoms with E-state index in [1.165, 1.54) is 5.56 Å². The number of fused-ring (bicyclic) bond motifs is 1. The Morgan fingerprint density at radius 1 is 1.16 bits per heavy atom. The van der Waals surface area contributed by atoms with E-state index in [9.17, 15) is 23.1 Å². The van der Waals surface area contributed by atoms with Crippen molar-refractivity contribution in [3.8, 4) is 5.75 Å². The highest BCUT2D eigenvalue weighted by molar-refractivity contribution is 7.99. The van der Waals surface area contributed by atoms with Gasteiger partial charge in [0.15, 0.2) is 0 Å². The van der Waals surface area contributed by atoms with Crippen molar-refractivity contribution in [3.63, 3.8) is 0 Å². The van der Waals surface area contributed by atoms with Gasteiger partial charge in [-0.15, -0.1) is 11.8 Å². The Balaban J connectivity index is 1.33. The van der Waals surface area contributed by atoms with Crippen molar-refractivity contribution in [1.29, 1.82) is 0 Å². The minimum Gasteiger partial charge on any atom is -0.497 e. The van der Waals surface area contributed by atoms with E-state index in [0.29, 0.717) is 56.8 Å². The summed E-state index contributed by atoms with van der Waals surface area (Å²) in [5.41, 5.74) is 2.35. The molecule has 2 heterocycles. The minimum atomic E-state index is -0.938. The van der Waals surface area contributed by atoms with Gasteiger partial charge >= 0.3 is 5.97 Å².